The number of benzene rings is 3. The third-order valence-electron chi connectivity index (χ3n) is 6.85. The maximum atomic E-state index is 13.5. The summed E-state index contributed by atoms with van der Waals surface area (Å²) >= 11 is 3.44. The van der Waals surface area contributed by atoms with E-state index in [1.807, 2.05) is 67.5 Å². The molecule has 0 radical (unpaired) electrons. The van der Waals surface area contributed by atoms with E-state index in [0.29, 0.717) is 21.5 Å². The van der Waals surface area contributed by atoms with Crippen LogP contribution < -0.4 is 19.4 Å². The van der Waals surface area contributed by atoms with E-state index in [9.17, 15) is 14.7 Å². The number of nitrogens with zero attached hydrogens (tertiary/aromatic N) is 3. The molecule has 1 aliphatic heterocycles. The lowest BCUT2D eigenvalue weighted by atomic mass is 9.95. The van der Waals surface area contributed by atoms with Crippen molar-refractivity contribution in [3.8, 4) is 5.75 Å². The summed E-state index contributed by atoms with van der Waals surface area (Å²) in [7, 11) is 5.44. The van der Waals surface area contributed by atoms with Crippen molar-refractivity contribution in [2.45, 2.75) is 19.9 Å². The fourth-order valence-corrected chi connectivity index (χ4v) is 5.29. The van der Waals surface area contributed by atoms with Crippen LogP contribution in [0.5, 0.6) is 5.75 Å². The molecule has 1 amide bonds. The van der Waals surface area contributed by atoms with Crippen LogP contribution in [0.1, 0.15) is 31.0 Å². The largest absolute Gasteiger partial charge is 0.507 e. The quantitative estimate of drug-likeness (QED) is 0.201. The molecule has 38 heavy (non-hydrogen) atoms. The highest BCUT2D eigenvalue weighted by molar-refractivity contribution is 9.10. The highest BCUT2D eigenvalue weighted by Gasteiger charge is 2.47. The number of Topliss-reactive ketones (excluding diaryl/α,β-unsaturated/α-hetero) is 1. The maximum Gasteiger partial charge on any atom is 0.300 e. The number of hydrogen-bond acceptors (Lipinski definition) is 6. The molecule has 1 aliphatic rings. The van der Waals surface area contributed by atoms with Gasteiger partial charge in [0.2, 0.25) is 0 Å². The molecule has 1 unspecified atom stereocenters. The van der Waals surface area contributed by atoms with E-state index in [4.69, 9.17) is 4.74 Å². The molecule has 1 fully saturated rings. The average molecular weight is 579 g/mol. The summed E-state index contributed by atoms with van der Waals surface area (Å²) in [6.45, 7) is 5.89. The standard InChI is InChI=1S/C30H32BrN3O4/c1-6-33(7-2)22-13-15-23(16-14-22)34-27(19-8-11-21(12-9-19)32(3)4)26(29(36)30(34)37)28(35)20-10-17-25(38-5)24(31)18-20/h8-18,27,35H,6-7H2,1-5H3/b28-26-. The number of hydrogen-bond donors (Lipinski definition) is 1. The summed E-state index contributed by atoms with van der Waals surface area (Å²) < 4.78 is 5.92. The molecular weight excluding hydrogens is 546 g/mol. The van der Waals surface area contributed by atoms with Gasteiger partial charge in [0.1, 0.15) is 11.5 Å². The second-order valence-corrected chi connectivity index (χ2v) is 10.0. The Morgan fingerprint density at radius 1 is 0.947 bits per heavy atom. The summed E-state index contributed by atoms with van der Waals surface area (Å²) in [5.74, 6) is -1.07. The van der Waals surface area contributed by atoms with Gasteiger partial charge in [0.25, 0.3) is 11.7 Å². The van der Waals surface area contributed by atoms with Crippen molar-refractivity contribution in [2.75, 3.05) is 49.0 Å². The van der Waals surface area contributed by atoms with Gasteiger partial charge in [-0.15, -0.1) is 0 Å². The molecule has 3 aromatic carbocycles. The lowest BCUT2D eigenvalue weighted by Crippen LogP contribution is -2.29. The van der Waals surface area contributed by atoms with Crippen LogP contribution >= 0.6 is 15.9 Å². The van der Waals surface area contributed by atoms with Crippen molar-refractivity contribution in [3.63, 3.8) is 0 Å². The van der Waals surface area contributed by atoms with Gasteiger partial charge in [0.15, 0.2) is 0 Å². The molecule has 1 N–H and O–H groups in total. The number of aliphatic hydroxyl groups excluding tert-OH is 1. The molecular formula is C30H32BrN3O4. The number of aliphatic hydroxyl groups is 1. The normalized spacial score (nSPS) is 16.6. The zero-order valence-electron chi connectivity index (χ0n) is 22.2. The van der Waals surface area contributed by atoms with E-state index in [2.05, 4.69) is 34.7 Å². The van der Waals surface area contributed by atoms with Gasteiger partial charge < -0.3 is 19.6 Å². The Balaban J connectivity index is 1.88. The first kappa shape index (κ1) is 27.3. The second kappa shape index (κ2) is 11.3. The van der Waals surface area contributed by atoms with E-state index >= 15 is 0 Å². The molecule has 7 nitrogen and oxygen atoms in total. The molecule has 198 valence electrons. The third kappa shape index (κ3) is 5.00. The van der Waals surface area contributed by atoms with E-state index in [0.717, 1.165) is 30.0 Å². The average Bonchev–Trinajstić information content (AvgIpc) is 3.19. The van der Waals surface area contributed by atoms with Crippen molar-refractivity contribution in [2.24, 2.45) is 0 Å². The Labute approximate surface area is 232 Å². The highest BCUT2D eigenvalue weighted by atomic mass is 79.9. The number of anilines is 3. The molecule has 1 heterocycles. The van der Waals surface area contributed by atoms with E-state index in [-0.39, 0.29) is 11.3 Å². The Bertz CT molecular complexity index is 1360. The summed E-state index contributed by atoms with van der Waals surface area (Å²) in [6, 6.07) is 19.5. The summed E-state index contributed by atoms with van der Waals surface area (Å²) in [5.41, 5.74) is 3.76. The molecule has 0 aromatic heterocycles. The van der Waals surface area contributed by atoms with Crippen LogP contribution in [0.25, 0.3) is 5.76 Å². The van der Waals surface area contributed by atoms with Gasteiger partial charge >= 0.3 is 0 Å². The smallest absolute Gasteiger partial charge is 0.300 e. The third-order valence-corrected chi connectivity index (χ3v) is 7.47. The van der Waals surface area contributed by atoms with Crippen LogP contribution in [0, 0.1) is 0 Å². The van der Waals surface area contributed by atoms with Crippen molar-refractivity contribution >= 4 is 50.4 Å². The zero-order chi connectivity index (χ0) is 27.6. The summed E-state index contributed by atoms with van der Waals surface area (Å²) in [4.78, 5) is 32.6. The van der Waals surface area contributed by atoms with Crippen molar-refractivity contribution < 1.29 is 19.4 Å². The van der Waals surface area contributed by atoms with Crippen molar-refractivity contribution in [3.05, 3.63) is 87.9 Å². The second-order valence-electron chi connectivity index (χ2n) is 9.19. The Kier molecular flexibility index (Phi) is 8.11. The van der Waals surface area contributed by atoms with Crippen LogP contribution in [-0.4, -0.2) is 51.1 Å². The van der Waals surface area contributed by atoms with Gasteiger partial charge in [-0.1, -0.05) is 12.1 Å². The van der Waals surface area contributed by atoms with E-state index in [1.165, 1.54) is 4.90 Å². The number of rotatable bonds is 8. The van der Waals surface area contributed by atoms with E-state index in [1.54, 1.807) is 25.3 Å². The predicted molar refractivity (Wildman–Crippen MR) is 156 cm³/mol. The SMILES string of the molecule is CCN(CC)c1ccc(N2C(=O)C(=O)/C(=C(\O)c3ccc(OC)c(Br)c3)C2c2ccc(N(C)C)cc2)cc1. The molecule has 8 heteroatoms. The molecule has 1 saturated heterocycles. The van der Waals surface area contributed by atoms with Gasteiger partial charge in [-0.3, -0.25) is 14.5 Å². The fourth-order valence-electron chi connectivity index (χ4n) is 4.75. The van der Waals surface area contributed by atoms with Gasteiger partial charge in [-0.2, -0.15) is 0 Å². The molecule has 0 spiro atoms. The van der Waals surface area contributed by atoms with Gasteiger partial charge in [-0.05, 0) is 89.9 Å². The minimum absolute atomic E-state index is 0.0393. The first-order valence-corrected chi connectivity index (χ1v) is 13.3. The maximum absolute atomic E-state index is 13.5. The number of methoxy groups -OCH3 is 1. The highest BCUT2D eigenvalue weighted by Crippen LogP contribution is 2.43. The van der Waals surface area contributed by atoms with Crippen molar-refractivity contribution in [1.82, 2.24) is 0 Å². The molecule has 4 rings (SSSR count). The van der Waals surface area contributed by atoms with Crippen molar-refractivity contribution in [1.29, 1.82) is 0 Å². The van der Waals surface area contributed by atoms with E-state index < -0.39 is 17.7 Å². The lowest BCUT2D eigenvalue weighted by molar-refractivity contribution is -0.132. The number of ketones is 1. The summed E-state index contributed by atoms with van der Waals surface area (Å²) in [5, 5.41) is 11.4. The minimum atomic E-state index is -0.800. The Hall–Kier alpha value is -3.78. The fraction of sp³-hybridized carbons (Fsp3) is 0.267. The predicted octanol–water partition coefficient (Wildman–Crippen LogP) is 6.00. The number of carbonyl (C=O) groups is 2. The Morgan fingerprint density at radius 2 is 1.55 bits per heavy atom. The molecule has 0 bridgehead atoms. The first-order valence-electron chi connectivity index (χ1n) is 12.5. The van der Waals surface area contributed by atoms with Crippen LogP contribution in [0.4, 0.5) is 17.1 Å². The molecule has 0 saturated carbocycles. The first-order chi connectivity index (χ1) is 18.2. The summed E-state index contributed by atoms with van der Waals surface area (Å²) in [6.07, 6.45) is 0. The molecule has 3 aromatic rings. The number of carbonyl (C=O) groups excluding carboxylic acids is 2. The minimum Gasteiger partial charge on any atom is -0.507 e. The zero-order valence-corrected chi connectivity index (χ0v) is 23.8. The van der Waals surface area contributed by atoms with Gasteiger partial charge in [0.05, 0.1) is 23.2 Å². The van der Waals surface area contributed by atoms with Crippen LogP contribution in [-0.2, 0) is 9.59 Å². The van der Waals surface area contributed by atoms with Gasteiger partial charge in [0, 0.05) is 49.8 Å². The topological polar surface area (TPSA) is 73.3 Å². The monoisotopic (exact) mass is 577 g/mol. The van der Waals surface area contributed by atoms with Crippen LogP contribution in [0.3, 0.4) is 0 Å². The van der Waals surface area contributed by atoms with Gasteiger partial charge in [-0.25, -0.2) is 0 Å². The number of amides is 1. The Morgan fingerprint density at radius 3 is 2.08 bits per heavy atom. The lowest BCUT2D eigenvalue weighted by Gasteiger charge is -2.27. The molecule has 0 aliphatic carbocycles. The molecule has 1 atom stereocenters. The van der Waals surface area contributed by atoms with Crippen LogP contribution in [0.2, 0.25) is 0 Å². The number of ether oxygens (including phenoxy) is 1. The van der Waals surface area contributed by atoms with Crippen LogP contribution in [0.15, 0.2) is 76.8 Å². The number of halogens is 1.